The van der Waals surface area contributed by atoms with Crippen LogP contribution in [-0.4, -0.2) is 0 Å². The molecule has 0 fully saturated rings. The number of allylic oxidation sites excluding steroid dienone is 3. The molecule has 1 heteroatoms. The number of rotatable bonds is 2. The summed E-state index contributed by atoms with van der Waals surface area (Å²) < 4.78 is 6.21. The normalized spacial score (nSPS) is 19.2. The third-order valence-electron chi connectivity index (χ3n) is 3.69. The lowest BCUT2D eigenvalue weighted by molar-refractivity contribution is 0.377. The first-order valence-corrected chi connectivity index (χ1v) is 6.55. The summed E-state index contributed by atoms with van der Waals surface area (Å²) in [7, 11) is 0. The van der Waals surface area contributed by atoms with Crippen molar-refractivity contribution < 1.29 is 4.74 Å². The summed E-state index contributed by atoms with van der Waals surface area (Å²) in [6.07, 6.45) is 2.27. The molecule has 0 N–H and O–H groups in total. The molecule has 0 amide bonds. The first-order valence-electron chi connectivity index (χ1n) is 6.55. The zero-order valence-electron chi connectivity index (χ0n) is 12.2. The molecule has 0 saturated heterocycles. The van der Waals surface area contributed by atoms with E-state index in [1.165, 1.54) is 27.8 Å². The van der Waals surface area contributed by atoms with E-state index in [4.69, 9.17) is 4.74 Å². The molecule has 0 spiro atoms. The van der Waals surface area contributed by atoms with Gasteiger partial charge < -0.3 is 4.74 Å². The molecular formula is C17H22O. The average molecular weight is 242 g/mol. The molecule has 0 saturated carbocycles. The second-order valence-electron chi connectivity index (χ2n) is 5.46. The lowest BCUT2D eigenvalue weighted by atomic mass is 10.1. The van der Waals surface area contributed by atoms with Crippen molar-refractivity contribution in [1.29, 1.82) is 0 Å². The van der Waals surface area contributed by atoms with Gasteiger partial charge in [-0.25, -0.2) is 0 Å². The van der Waals surface area contributed by atoms with Gasteiger partial charge in [-0.05, 0) is 56.9 Å². The number of benzene rings is 1. The number of hydrogen-bond acceptors (Lipinski definition) is 1. The summed E-state index contributed by atoms with van der Waals surface area (Å²) >= 11 is 0. The zero-order chi connectivity index (χ0) is 13.4. The molecule has 2 rings (SSSR count). The molecule has 96 valence electrons. The topological polar surface area (TPSA) is 9.23 Å². The average Bonchev–Trinajstić information content (AvgIpc) is 2.48. The summed E-state index contributed by atoms with van der Waals surface area (Å²) in [5.74, 6) is 2.50. The molecule has 0 aliphatic heterocycles. The van der Waals surface area contributed by atoms with Crippen LogP contribution in [0.2, 0.25) is 0 Å². The molecule has 1 aromatic rings. The second-order valence-corrected chi connectivity index (χ2v) is 5.46. The van der Waals surface area contributed by atoms with Crippen LogP contribution in [0.15, 0.2) is 35.1 Å². The molecule has 0 bridgehead atoms. The summed E-state index contributed by atoms with van der Waals surface area (Å²) in [4.78, 5) is 0. The Balaban J connectivity index is 2.37. The minimum Gasteiger partial charge on any atom is -0.460 e. The third kappa shape index (κ3) is 2.22. The fourth-order valence-corrected chi connectivity index (χ4v) is 2.72. The summed E-state index contributed by atoms with van der Waals surface area (Å²) in [5.41, 5.74) is 6.33. The van der Waals surface area contributed by atoms with Crippen molar-refractivity contribution in [2.75, 3.05) is 0 Å². The van der Waals surface area contributed by atoms with Gasteiger partial charge in [-0.1, -0.05) is 30.7 Å². The van der Waals surface area contributed by atoms with Crippen molar-refractivity contribution in [3.63, 3.8) is 0 Å². The molecule has 1 atom stereocenters. The monoisotopic (exact) mass is 242 g/mol. The molecule has 1 aliphatic rings. The van der Waals surface area contributed by atoms with Gasteiger partial charge in [0.25, 0.3) is 0 Å². The molecule has 18 heavy (non-hydrogen) atoms. The molecular weight excluding hydrogens is 220 g/mol. The quantitative estimate of drug-likeness (QED) is 0.719. The summed E-state index contributed by atoms with van der Waals surface area (Å²) in [5, 5.41) is 0. The SMILES string of the molecule is CC1=CC(C)C(Oc2c(C)cc(C)cc2C)=C1C. The second kappa shape index (κ2) is 4.64. The van der Waals surface area contributed by atoms with Gasteiger partial charge in [0.2, 0.25) is 0 Å². The minimum atomic E-state index is 0.380. The van der Waals surface area contributed by atoms with Crippen LogP contribution >= 0.6 is 0 Å². The molecule has 1 nitrogen and oxygen atoms in total. The van der Waals surface area contributed by atoms with Gasteiger partial charge in [-0.15, -0.1) is 0 Å². The van der Waals surface area contributed by atoms with Crippen LogP contribution in [0.4, 0.5) is 0 Å². The summed E-state index contributed by atoms with van der Waals surface area (Å²) in [6.45, 7) is 12.8. The Morgan fingerprint density at radius 3 is 1.94 bits per heavy atom. The molecule has 0 radical (unpaired) electrons. The highest BCUT2D eigenvalue weighted by molar-refractivity contribution is 5.47. The van der Waals surface area contributed by atoms with E-state index in [1.54, 1.807) is 0 Å². The van der Waals surface area contributed by atoms with Gasteiger partial charge in [0.05, 0.1) is 0 Å². The third-order valence-corrected chi connectivity index (χ3v) is 3.69. The van der Waals surface area contributed by atoms with Crippen LogP contribution < -0.4 is 4.74 Å². The Kier molecular flexibility index (Phi) is 3.34. The number of aryl methyl sites for hydroxylation is 3. The first kappa shape index (κ1) is 12.9. The van der Waals surface area contributed by atoms with Gasteiger partial charge >= 0.3 is 0 Å². The largest absolute Gasteiger partial charge is 0.460 e. The lowest BCUT2D eigenvalue weighted by Gasteiger charge is -2.17. The van der Waals surface area contributed by atoms with Crippen LogP contribution in [0.3, 0.4) is 0 Å². The van der Waals surface area contributed by atoms with Gasteiger partial charge in [-0.2, -0.15) is 0 Å². The van der Waals surface area contributed by atoms with Crippen LogP contribution in [-0.2, 0) is 0 Å². The Hall–Kier alpha value is -1.50. The maximum Gasteiger partial charge on any atom is 0.132 e. The van der Waals surface area contributed by atoms with E-state index < -0.39 is 0 Å². The van der Waals surface area contributed by atoms with Gasteiger partial charge in [-0.3, -0.25) is 0 Å². The minimum absolute atomic E-state index is 0.380. The molecule has 1 aliphatic carbocycles. The highest BCUT2D eigenvalue weighted by atomic mass is 16.5. The maximum absolute atomic E-state index is 6.21. The predicted molar refractivity (Wildman–Crippen MR) is 76.9 cm³/mol. The van der Waals surface area contributed by atoms with E-state index in [0.29, 0.717) is 5.92 Å². The van der Waals surface area contributed by atoms with E-state index in [-0.39, 0.29) is 0 Å². The number of hydrogen-bond donors (Lipinski definition) is 0. The fraction of sp³-hybridized carbons (Fsp3) is 0.412. The Morgan fingerprint density at radius 1 is 0.944 bits per heavy atom. The molecule has 1 unspecified atom stereocenters. The van der Waals surface area contributed by atoms with Crippen molar-refractivity contribution in [3.8, 4) is 5.75 Å². The van der Waals surface area contributed by atoms with E-state index >= 15 is 0 Å². The highest BCUT2D eigenvalue weighted by Crippen LogP contribution is 2.35. The zero-order valence-corrected chi connectivity index (χ0v) is 12.2. The van der Waals surface area contributed by atoms with E-state index in [0.717, 1.165) is 11.5 Å². The van der Waals surface area contributed by atoms with E-state index in [2.05, 4.69) is 59.8 Å². The Bertz CT molecular complexity index is 524. The van der Waals surface area contributed by atoms with Crippen molar-refractivity contribution in [3.05, 3.63) is 51.8 Å². The lowest BCUT2D eigenvalue weighted by Crippen LogP contribution is -2.05. The van der Waals surface area contributed by atoms with Crippen LogP contribution in [0.5, 0.6) is 5.75 Å². The van der Waals surface area contributed by atoms with Crippen molar-refractivity contribution in [2.45, 2.75) is 41.5 Å². The van der Waals surface area contributed by atoms with E-state index in [1.807, 2.05) is 0 Å². The van der Waals surface area contributed by atoms with Crippen molar-refractivity contribution in [1.82, 2.24) is 0 Å². The van der Waals surface area contributed by atoms with Gasteiger partial charge in [0, 0.05) is 5.92 Å². The van der Waals surface area contributed by atoms with Crippen LogP contribution in [0.1, 0.15) is 37.5 Å². The first-order chi connectivity index (χ1) is 8.40. The highest BCUT2D eigenvalue weighted by Gasteiger charge is 2.21. The number of ether oxygens (including phenoxy) is 1. The smallest absolute Gasteiger partial charge is 0.132 e. The van der Waals surface area contributed by atoms with Crippen molar-refractivity contribution in [2.24, 2.45) is 5.92 Å². The molecule has 1 aromatic carbocycles. The molecule has 0 aromatic heterocycles. The van der Waals surface area contributed by atoms with Gasteiger partial charge in [0.1, 0.15) is 11.5 Å². The van der Waals surface area contributed by atoms with E-state index in [9.17, 15) is 0 Å². The Morgan fingerprint density at radius 2 is 1.50 bits per heavy atom. The fourth-order valence-electron chi connectivity index (χ4n) is 2.72. The van der Waals surface area contributed by atoms with Gasteiger partial charge in [0.15, 0.2) is 0 Å². The van der Waals surface area contributed by atoms with Crippen LogP contribution in [0.25, 0.3) is 0 Å². The standard InChI is InChI=1S/C17H22O/c1-10-7-12(3)16(13(4)8-10)18-17-14(5)9-11(2)15(17)6/h7-9,14H,1-6H3. The maximum atomic E-state index is 6.21. The van der Waals surface area contributed by atoms with Crippen molar-refractivity contribution >= 4 is 0 Å². The predicted octanol–water partition coefficient (Wildman–Crippen LogP) is 4.86. The van der Waals surface area contributed by atoms with Crippen LogP contribution in [0, 0.1) is 26.7 Å². The Labute approximate surface area is 110 Å². The molecule has 0 heterocycles. The summed E-state index contributed by atoms with van der Waals surface area (Å²) in [6, 6.07) is 4.36.